The summed E-state index contributed by atoms with van der Waals surface area (Å²) >= 11 is 9.26. The van der Waals surface area contributed by atoms with Crippen LogP contribution < -0.4 is 5.32 Å². The van der Waals surface area contributed by atoms with Crippen LogP contribution in [0.25, 0.3) is 0 Å². The third-order valence-corrected chi connectivity index (χ3v) is 3.78. The van der Waals surface area contributed by atoms with Crippen molar-refractivity contribution >= 4 is 33.3 Å². The molecular formula is C13H13BrClN3O. The Morgan fingerprint density at radius 2 is 2.11 bits per heavy atom. The first kappa shape index (κ1) is 14.2. The number of benzene rings is 1. The first-order valence-electron chi connectivity index (χ1n) is 5.67. The van der Waals surface area contributed by atoms with Crippen molar-refractivity contribution in [3.63, 3.8) is 0 Å². The Bertz CT molecular complexity index is 565. The Labute approximate surface area is 125 Å². The van der Waals surface area contributed by atoms with Gasteiger partial charge in [0.2, 0.25) is 0 Å². The topological polar surface area (TPSA) is 47.0 Å². The van der Waals surface area contributed by atoms with Crippen LogP contribution in [-0.4, -0.2) is 17.1 Å². The average molecular weight is 343 g/mol. The third-order valence-electron chi connectivity index (χ3n) is 2.51. The van der Waals surface area contributed by atoms with Gasteiger partial charge in [-0.3, -0.25) is 0 Å². The molecule has 1 aromatic carbocycles. The first-order chi connectivity index (χ1) is 9.20. The summed E-state index contributed by atoms with van der Waals surface area (Å²) in [5.41, 5.74) is 2.29. The maximum absolute atomic E-state index is 5.91. The largest absolute Gasteiger partial charge is 0.380 e. The van der Waals surface area contributed by atoms with Gasteiger partial charge in [0.15, 0.2) is 0 Å². The molecule has 0 atom stereocenters. The van der Waals surface area contributed by atoms with Gasteiger partial charge in [-0.1, -0.05) is 35.9 Å². The third kappa shape index (κ3) is 3.89. The molecule has 0 unspecified atom stereocenters. The van der Waals surface area contributed by atoms with E-state index in [1.54, 1.807) is 7.11 Å². The molecule has 0 radical (unpaired) electrons. The number of halogens is 2. The minimum absolute atomic E-state index is 0.394. The molecule has 19 heavy (non-hydrogen) atoms. The molecule has 0 aliphatic rings. The quantitative estimate of drug-likeness (QED) is 0.843. The Hall–Kier alpha value is -1.17. The van der Waals surface area contributed by atoms with E-state index in [1.165, 1.54) is 6.33 Å². The molecule has 0 aliphatic carbocycles. The van der Waals surface area contributed by atoms with Crippen LogP contribution in [0.15, 0.2) is 35.1 Å². The van der Waals surface area contributed by atoms with Crippen molar-refractivity contribution in [2.45, 2.75) is 13.2 Å². The van der Waals surface area contributed by atoms with Gasteiger partial charge >= 0.3 is 0 Å². The monoisotopic (exact) mass is 341 g/mol. The van der Waals surface area contributed by atoms with E-state index in [0.717, 1.165) is 11.1 Å². The number of rotatable bonds is 5. The summed E-state index contributed by atoms with van der Waals surface area (Å²) in [6.45, 7) is 1.26. The number of nitrogens with one attached hydrogen (secondary N) is 1. The van der Waals surface area contributed by atoms with Crippen LogP contribution >= 0.6 is 27.5 Å². The van der Waals surface area contributed by atoms with Crippen LogP contribution in [0, 0.1) is 0 Å². The van der Waals surface area contributed by atoms with Crippen molar-refractivity contribution in [2.75, 3.05) is 12.4 Å². The number of ether oxygens (including phenoxy) is 1. The first-order valence-corrected chi connectivity index (χ1v) is 6.84. The molecule has 0 saturated heterocycles. The molecule has 0 fully saturated rings. The van der Waals surface area contributed by atoms with Gasteiger partial charge in [0, 0.05) is 13.7 Å². The van der Waals surface area contributed by atoms with Gasteiger partial charge in [-0.05, 0) is 27.1 Å². The van der Waals surface area contributed by atoms with Crippen LogP contribution in [0.5, 0.6) is 0 Å². The smallest absolute Gasteiger partial charge is 0.148 e. The molecule has 4 nitrogen and oxygen atoms in total. The Kier molecular flexibility index (Phi) is 5.13. The van der Waals surface area contributed by atoms with E-state index in [0.29, 0.717) is 28.6 Å². The molecule has 1 N–H and O–H groups in total. The van der Waals surface area contributed by atoms with Crippen LogP contribution in [0.2, 0.25) is 5.15 Å². The molecule has 0 aliphatic heterocycles. The van der Waals surface area contributed by atoms with Gasteiger partial charge in [0.1, 0.15) is 17.3 Å². The second kappa shape index (κ2) is 6.84. The molecule has 0 spiro atoms. The summed E-state index contributed by atoms with van der Waals surface area (Å²) < 4.78 is 5.79. The fraction of sp³-hybridized carbons (Fsp3) is 0.231. The number of hydrogen-bond donors (Lipinski definition) is 1. The Morgan fingerprint density at radius 3 is 2.89 bits per heavy atom. The lowest BCUT2D eigenvalue weighted by Gasteiger charge is -2.09. The maximum atomic E-state index is 5.91. The van der Waals surface area contributed by atoms with Crippen LogP contribution in [-0.2, 0) is 17.9 Å². The Morgan fingerprint density at radius 1 is 1.32 bits per heavy atom. The van der Waals surface area contributed by atoms with Crippen molar-refractivity contribution < 1.29 is 4.74 Å². The standard InChI is InChI=1S/C13H13BrClN3O/c1-19-7-10-4-2-3-9(5-10)6-16-13-11(14)12(15)17-8-18-13/h2-5,8H,6-7H2,1H3,(H,16,17,18). The van der Waals surface area contributed by atoms with E-state index in [2.05, 4.69) is 37.3 Å². The lowest BCUT2D eigenvalue weighted by Crippen LogP contribution is -2.03. The van der Waals surface area contributed by atoms with Gasteiger partial charge in [0.05, 0.1) is 11.1 Å². The molecule has 2 aromatic rings. The molecule has 1 aromatic heterocycles. The fourth-order valence-corrected chi connectivity index (χ4v) is 2.13. The van der Waals surface area contributed by atoms with E-state index in [4.69, 9.17) is 16.3 Å². The molecule has 1 heterocycles. The minimum Gasteiger partial charge on any atom is -0.380 e. The van der Waals surface area contributed by atoms with Gasteiger partial charge < -0.3 is 10.1 Å². The summed E-state index contributed by atoms with van der Waals surface area (Å²) in [7, 11) is 1.69. The highest BCUT2D eigenvalue weighted by Crippen LogP contribution is 2.26. The molecule has 0 bridgehead atoms. The van der Waals surface area contributed by atoms with E-state index < -0.39 is 0 Å². The highest BCUT2D eigenvalue weighted by Gasteiger charge is 2.06. The summed E-state index contributed by atoms with van der Waals surface area (Å²) in [6, 6.07) is 8.17. The molecule has 0 amide bonds. The van der Waals surface area contributed by atoms with E-state index in [9.17, 15) is 0 Å². The highest BCUT2D eigenvalue weighted by molar-refractivity contribution is 9.10. The lowest BCUT2D eigenvalue weighted by atomic mass is 10.1. The second-order valence-corrected chi connectivity index (χ2v) is 5.08. The van der Waals surface area contributed by atoms with Gasteiger partial charge in [0.25, 0.3) is 0 Å². The van der Waals surface area contributed by atoms with Crippen molar-refractivity contribution in [1.29, 1.82) is 0 Å². The zero-order chi connectivity index (χ0) is 13.7. The SMILES string of the molecule is COCc1cccc(CNc2ncnc(Cl)c2Br)c1. The second-order valence-electron chi connectivity index (χ2n) is 3.93. The number of aromatic nitrogens is 2. The van der Waals surface area contributed by atoms with Crippen LogP contribution in [0.4, 0.5) is 5.82 Å². The number of methoxy groups -OCH3 is 1. The number of anilines is 1. The molecule has 100 valence electrons. The van der Waals surface area contributed by atoms with E-state index in [-0.39, 0.29) is 0 Å². The number of hydrogen-bond acceptors (Lipinski definition) is 4. The van der Waals surface area contributed by atoms with Crippen molar-refractivity contribution in [1.82, 2.24) is 9.97 Å². The predicted molar refractivity (Wildman–Crippen MR) is 79.2 cm³/mol. The van der Waals surface area contributed by atoms with E-state index >= 15 is 0 Å². The maximum Gasteiger partial charge on any atom is 0.148 e. The molecule has 2 rings (SSSR count). The van der Waals surface area contributed by atoms with Crippen molar-refractivity contribution in [3.8, 4) is 0 Å². The molecule has 6 heteroatoms. The van der Waals surface area contributed by atoms with Gasteiger partial charge in [-0.25, -0.2) is 9.97 Å². The van der Waals surface area contributed by atoms with Crippen LogP contribution in [0.3, 0.4) is 0 Å². The zero-order valence-electron chi connectivity index (χ0n) is 10.4. The van der Waals surface area contributed by atoms with Crippen LogP contribution in [0.1, 0.15) is 11.1 Å². The summed E-state index contributed by atoms with van der Waals surface area (Å²) in [5, 5.41) is 3.61. The van der Waals surface area contributed by atoms with E-state index in [1.807, 2.05) is 18.2 Å². The summed E-state index contributed by atoms with van der Waals surface area (Å²) in [4.78, 5) is 8.02. The normalized spacial score (nSPS) is 10.5. The predicted octanol–water partition coefficient (Wildman–Crippen LogP) is 3.65. The van der Waals surface area contributed by atoms with Crippen molar-refractivity contribution in [3.05, 3.63) is 51.3 Å². The zero-order valence-corrected chi connectivity index (χ0v) is 12.7. The Balaban J connectivity index is 2.06. The fourth-order valence-electron chi connectivity index (χ4n) is 1.65. The highest BCUT2D eigenvalue weighted by atomic mass is 79.9. The molecule has 0 saturated carbocycles. The van der Waals surface area contributed by atoms with Gasteiger partial charge in [-0.15, -0.1) is 0 Å². The molecular weight excluding hydrogens is 330 g/mol. The summed E-state index contributed by atoms with van der Waals surface area (Å²) in [6.07, 6.45) is 1.43. The van der Waals surface area contributed by atoms with Gasteiger partial charge in [-0.2, -0.15) is 0 Å². The van der Waals surface area contributed by atoms with Crippen molar-refractivity contribution in [2.24, 2.45) is 0 Å². The lowest BCUT2D eigenvalue weighted by molar-refractivity contribution is 0.185. The minimum atomic E-state index is 0.394. The summed E-state index contributed by atoms with van der Waals surface area (Å²) in [5.74, 6) is 0.678. The average Bonchev–Trinajstić information content (AvgIpc) is 2.41. The number of nitrogens with zero attached hydrogens (tertiary/aromatic N) is 2.